The van der Waals surface area contributed by atoms with E-state index in [4.69, 9.17) is 17.0 Å². The van der Waals surface area contributed by atoms with Gasteiger partial charge in [-0.3, -0.25) is 0 Å². The van der Waals surface area contributed by atoms with Crippen LogP contribution in [-0.2, 0) is 11.3 Å². The van der Waals surface area contributed by atoms with Crippen LogP contribution in [0.25, 0.3) is 0 Å². The first kappa shape index (κ1) is 21.4. The molecule has 10 heteroatoms. The third-order valence-electron chi connectivity index (χ3n) is 4.56. The van der Waals surface area contributed by atoms with Gasteiger partial charge in [0, 0.05) is 38.1 Å². The molecule has 1 fully saturated rings. The zero-order valence-corrected chi connectivity index (χ0v) is 18.7. The van der Waals surface area contributed by atoms with Crippen LogP contribution in [0.3, 0.4) is 0 Å². The van der Waals surface area contributed by atoms with Crippen molar-refractivity contribution in [3.05, 3.63) is 59.9 Å². The predicted octanol–water partition coefficient (Wildman–Crippen LogP) is 3.05. The van der Waals surface area contributed by atoms with Crippen LogP contribution < -0.4 is 15.5 Å². The Hall–Kier alpha value is -2.82. The van der Waals surface area contributed by atoms with Crippen LogP contribution in [-0.4, -0.2) is 51.4 Å². The lowest BCUT2D eigenvalue weighted by molar-refractivity contribution is 0.122. The molecule has 1 saturated heterocycles. The largest absolute Gasteiger partial charge is 0.378 e. The topological polar surface area (TPSA) is 88.1 Å². The van der Waals surface area contributed by atoms with Crippen molar-refractivity contribution in [3.63, 3.8) is 0 Å². The highest BCUT2D eigenvalue weighted by Crippen LogP contribution is 2.27. The maximum Gasteiger partial charge on any atom is 0.232 e. The van der Waals surface area contributed by atoms with Crippen LogP contribution in [0.1, 0.15) is 11.1 Å². The van der Waals surface area contributed by atoms with Gasteiger partial charge >= 0.3 is 0 Å². The first-order chi connectivity index (χ1) is 15.2. The van der Waals surface area contributed by atoms with Crippen LogP contribution in [0.2, 0.25) is 0 Å². The standard InChI is InChI=1S/C21H23N7OS2/c1-15-3-5-16(6-4-15)14-24-20(30)27-19-25-17(28-9-11-29-12-10-28)13-18(26-19)31-21-22-7-2-8-23-21/h2-8,13H,9-12,14H2,1H3,(H2,24,25,26,27,30). The average Bonchev–Trinajstić information content (AvgIpc) is 2.80. The minimum absolute atomic E-state index is 0.434. The second-order valence-electron chi connectivity index (χ2n) is 6.91. The molecule has 1 aliphatic rings. The first-order valence-electron chi connectivity index (χ1n) is 9.93. The van der Waals surface area contributed by atoms with Crippen LogP contribution >= 0.6 is 24.0 Å². The van der Waals surface area contributed by atoms with Crippen molar-refractivity contribution in [2.75, 3.05) is 36.5 Å². The van der Waals surface area contributed by atoms with Crippen molar-refractivity contribution in [2.24, 2.45) is 0 Å². The van der Waals surface area contributed by atoms with E-state index in [2.05, 4.69) is 66.7 Å². The van der Waals surface area contributed by atoms with Gasteiger partial charge < -0.3 is 20.3 Å². The lowest BCUT2D eigenvalue weighted by atomic mass is 10.1. The minimum atomic E-state index is 0.434. The number of benzene rings is 1. The fraction of sp³-hybridized carbons (Fsp3) is 0.286. The van der Waals surface area contributed by atoms with Crippen molar-refractivity contribution >= 4 is 40.9 Å². The SMILES string of the molecule is Cc1ccc(CNC(=S)Nc2nc(Sc3ncccn3)cc(N3CCOCC3)n2)cc1. The molecule has 2 aromatic heterocycles. The summed E-state index contributed by atoms with van der Waals surface area (Å²) < 4.78 is 5.47. The third-order valence-corrected chi connectivity index (χ3v) is 5.62. The molecule has 1 aromatic carbocycles. The van der Waals surface area contributed by atoms with Crippen molar-refractivity contribution in [1.29, 1.82) is 0 Å². The molecule has 0 amide bonds. The van der Waals surface area contributed by atoms with Crippen molar-refractivity contribution < 1.29 is 4.74 Å². The molecule has 0 bridgehead atoms. The molecule has 2 N–H and O–H groups in total. The molecule has 3 aromatic rings. The van der Waals surface area contributed by atoms with E-state index in [0.717, 1.165) is 29.5 Å². The molecule has 0 aliphatic carbocycles. The van der Waals surface area contributed by atoms with Gasteiger partial charge in [0.05, 0.1) is 13.2 Å². The van der Waals surface area contributed by atoms with E-state index in [1.165, 1.54) is 17.3 Å². The third kappa shape index (κ3) is 6.33. The second-order valence-corrected chi connectivity index (χ2v) is 8.31. The number of anilines is 2. The summed E-state index contributed by atoms with van der Waals surface area (Å²) in [5.74, 6) is 1.25. The molecule has 0 saturated carbocycles. The fourth-order valence-corrected chi connectivity index (χ4v) is 3.82. The van der Waals surface area contributed by atoms with Gasteiger partial charge in [0.15, 0.2) is 10.3 Å². The Kier molecular flexibility index (Phi) is 7.23. The maximum absolute atomic E-state index is 5.47. The number of nitrogens with zero attached hydrogens (tertiary/aromatic N) is 5. The first-order valence-corrected chi connectivity index (χ1v) is 11.2. The minimum Gasteiger partial charge on any atom is -0.378 e. The highest BCUT2D eigenvalue weighted by Gasteiger charge is 2.16. The number of aromatic nitrogens is 4. The van der Waals surface area contributed by atoms with Crippen LogP contribution in [0.4, 0.5) is 11.8 Å². The van der Waals surface area contributed by atoms with E-state index in [9.17, 15) is 0 Å². The van der Waals surface area contributed by atoms with Crippen molar-refractivity contribution in [3.8, 4) is 0 Å². The molecule has 31 heavy (non-hydrogen) atoms. The lowest BCUT2D eigenvalue weighted by Gasteiger charge is -2.28. The zero-order chi connectivity index (χ0) is 21.5. The van der Waals surface area contributed by atoms with Gasteiger partial charge in [-0.1, -0.05) is 29.8 Å². The van der Waals surface area contributed by atoms with Gasteiger partial charge in [-0.25, -0.2) is 15.0 Å². The van der Waals surface area contributed by atoms with Gasteiger partial charge in [-0.05, 0) is 42.5 Å². The summed E-state index contributed by atoms with van der Waals surface area (Å²) in [6.07, 6.45) is 3.42. The Labute approximate surface area is 190 Å². The monoisotopic (exact) mass is 453 g/mol. The quantitative estimate of drug-likeness (QED) is 0.330. The number of nitrogens with one attached hydrogen (secondary N) is 2. The van der Waals surface area contributed by atoms with Gasteiger partial charge in [-0.2, -0.15) is 4.98 Å². The number of aryl methyl sites for hydroxylation is 1. The van der Waals surface area contributed by atoms with E-state index in [0.29, 0.717) is 36.0 Å². The summed E-state index contributed by atoms with van der Waals surface area (Å²) in [7, 11) is 0. The molecule has 0 radical (unpaired) electrons. The Balaban J connectivity index is 1.48. The molecule has 8 nitrogen and oxygen atoms in total. The molecular formula is C21H23N7OS2. The molecule has 3 heterocycles. The number of thiocarbonyl (C=S) groups is 1. The number of morpholine rings is 1. The fourth-order valence-electron chi connectivity index (χ4n) is 2.94. The highest BCUT2D eigenvalue weighted by atomic mass is 32.2. The van der Waals surface area contributed by atoms with Crippen LogP contribution in [0.5, 0.6) is 0 Å². The summed E-state index contributed by atoms with van der Waals surface area (Å²) in [5, 5.41) is 8.16. The summed E-state index contributed by atoms with van der Waals surface area (Å²) >= 11 is 6.85. The Morgan fingerprint density at radius 1 is 1.13 bits per heavy atom. The lowest BCUT2D eigenvalue weighted by Crippen LogP contribution is -2.37. The van der Waals surface area contributed by atoms with E-state index in [1.54, 1.807) is 18.5 Å². The van der Waals surface area contributed by atoms with E-state index >= 15 is 0 Å². The number of hydrogen-bond acceptors (Lipinski definition) is 8. The smallest absolute Gasteiger partial charge is 0.232 e. The number of hydrogen-bond donors (Lipinski definition) is 2. The van der Waals surface area contributed by atoms with Crippen molar-refractivity contribution in [1.82, 2.24) is 25.3 Å². The average molecular weight is 454 g/mol. The predicted molar refractivity (Wildman–Crippen MR) is 125 cm³/mol. The van der Waals surface area contributed by atoms with Gasteiger partial charge in [-0.15, -0.1) is 0 Å². The molecule has 1 aliphatic heterocycles. The molecule has 160 valence electrons. The van der Waals surface area contributed by atoms with E-state index in [-0.39, 0.29) is 0 Å². The summed E-state index contributed by atoms with van der Waals surface area (Å²) in [6, 6.07) is 12.0. The van der Waals surface area contributed by atoms with E-state index in [1.807, 2.05) is 6.07 Å². The van der Waals surface area contributed by atoms with E-state index < -0.39 is 0 Å². The summed E-state index contributed by atoms with van der Waals surface area (Å²) in [4.78, 5) is 20.0. The number of rotatable bonds is 6. The van der Waals surface area contributed by atoms with Crippen LogP contribution in [0.15, 0.2) is 59.0 Å². The Bertz CT molecular complexity index is 1010. The highest BCUT2D eigenvalue weighted by molar-refractivity contribution is 7.99. The Morgan fingerprint density at radius 3 is 2.61 bits per heavy atom. The van der Waals surface area contributed by atoms with Gasteiger partial charge in [0.2, 0.25) is 5.95 Å². The van der Waals surface area contributed by atoms with Gasteiger partial charge in [0.1, 0.15) is 10.8 Å². The molecule has 0 spiro atoms. The Morgan fingerprint density at radius 2 is 1.87 bits per heavy atom. The van der Waals surface area contributed by atoms with Crippen LogP contribution in [0, 0.1) is 6.92 Å². The second kappa shape index (κ2) is 10.5. The summed E-state index contributed by atoms with van der Waals surface area (Å²) in [6.45, 7) is 5.59. The molecule has 0 unspecified atom stereocenters. The molecule has 4 rings (SSSR count). The molecular weight excluding hydrogens is 430 g/mol. The summed E-state index contributed by atoms with van der Waals surface area (Å²) in [5.41, 5.74) is 2.38. The molecule has 0 atom stereocenters. The zero-order valence-electron chi connectivity index (χ0n) is 17.1. The maximum atomic E-state index is 5.47. The number of ether oxygens (including phenoxy) is 1. The van der Waals surface area contributed by atoms with Crippen molar-refractivity contribution in [2.45, 2.75) is 23.7 Å². The van der Waals surface area contributed by atoms with Gasteiger partial charge in [0.25, 0.3) is 0 Å². The normalized spacial score (nSPS) is 13.6.